The number of hydrogen-bond acceptors (Lipinski definition) is 7. The number of rotatable bonds is 5. The fourth-order valence-corrected chi connectivity index (χ4v) is 3.68. The van der Waals surface area contributed by atoms with Gasteiger partial charge >= 0.3 is 0 Å². The van der Waals surface area contributed by atoms with Gasteiger partial charge in [-0.15, -0.1) is 0 Å². The van der Waals surface area contributed by atoms with Crippen LogP contribution in [0.15, 0.2) is 22.7 Å². The number of benzene rings is 1. The summed E-state index contributed by atoms with van der Waals surface area (Å²) in [5, 5.41) is 10.7. The van der Waals surface area contributed by atoms with Crippen LogP contribution in [0.1, 0.15) is 35.2 Å². The molecule has 3 atom stereocenters. The maximum absolute atomic E-state index is 14.6. The molecule has 160 valence electrons. The first kappa shape index (κ1) is 20.6. The van der Waals surface area contributed by atoms with Gasteiger partial charge in [-0.1, -0.05) is 0 Å². The second kappa shape index (κ2) is 8.25. The average Bonchev–Trinajstić information content (AvgIpc) is 3.16. The van der Waals surface area contributed by atoms with Gasteiger partial charge in [0.25, 0.3) is 0 Å². The molecule has 0 aliphatic carbocycles. The van der Waals surface area contributed by atoms with E-state index in [2.05, 4.69) is 9.97 Å². The molecule has 0 radical (unpaired) electrons. The summed E-state index contributed by atoms with van der Waals surface area (Å²) in [4.78, 5) is 8.75. The Morgan fingerprint density at radius 1 is 1.33 bits per heavy atom. The number of aliphatic hydroxyl groups is 1. The molecular weight excluding hydrogens is 396 g/mol. The minimum atomic E-state index is -1.67. The highest BCUT2D eigenvalue weighted by Gasteiger charge is 2.28. The molecule has 1 aliphatic heterocycles. The zero-order chi connectivity index (χ0) is 21.4. The van der Waals surface area contributed by atoms with E-state index in [-0.39, 0.29) is 29.0 Å². The van der Waals surface area contributed by atoms with Gasteiger partial charge in [0.05, 0.1) is 25.5 Å². The second-order valence-corrected chi connectivity index (χ2v) is 7.52. The molecule has 4 rings (SSSR count). The molecule has 0 saturated carbocycles. The molecule has 9 heteroatoms. The van der Waals surface area contributed by atoms with E-state index >= 15 is 0 Å². The van der Waals surface area contributed by atoms with Crippen LogP contribution in [-0.2, 0) is 11.2 Å². The lowest BCUT2D eigenvalue weighted by Gasteiger charge is -2.27. The van der Waals surface area contributed by atoms with E-state index in [4.69, 9.17) is 19.6 Å². The number of nitrogens with zero attached hydrogens (tertiary/aromatic N) is 2. The van der Waals surface area contributed by atoms with Crippen LogP contribution in [0.2, 0.25) is 0 Å². The van der Waals surface area contributed by atoms with Crippen molar-refractivity contribution in [2.75, 3.05) is 20.3 Å². The van der Waals surface area contributed by atoms with E-state index in [1.165, 1.54) is 32.4 Å². The lowest BCUT2D eigenvalue weighted by atomic mass is 9.93. The Morgan fingerprint density at radius 2 is 2.13 bits per heavy atom. The Balaban J connectivity index is 1.65. The standard InChI is InChI=1S/C21H23F2N3O4/c1-10-5-14(28-2)20(23)18(19(10)22)21(27)15-7-13-16(30-15)8-25-17(26-13)6-11-9-29-4-3-12(11)24/h5,7-8,11-12,21,27H,3-4,6,9,24H2,1-2H3/t11-,12+,21?/m1/s1. The summed E-state index contributed by atoms with van der Waals surface area (Å²) in [6, 6.07) is 2.70. The summed E-state index contributed by atoms with van der Waals surface area (Å²) in [5.74, 6) is -1.38. The Morgan fingerprint density at radius 3 is 2.87 bits per heavy atom. The quantitative estimate of drug-likeness (QED) is 0.655. The van der Waals surface area contributed by atoms with Crippen LogP contribution in [-0.4, -0.2) is 41.4 Å². The minimum Gasteiger partial charge on any atom is -0.494 e. The van der Waals surface area contributed by atoms with Crippen molar-refractivity contribution in [2.24, 2.45) is 11.7 Å². The maximum atomic E-state index is 14.6. The van der Waals surface area contributed by atoms with E-state index in [9.17, 15) is 13.9 Å². The number of aliphatic hydroxyl groups excluding tert-OH is 1. The molecule has 1 unspecified atom stereocenters. The summed E-state index contributed by atoms with van der Waals surface area (Å²) in [6.07, 6.45) is 1.13. The third kappa shape index (κ3) is 3.76. The first-order valence-corrected chi connectivity index (χ1v) is 9.68. The molecule has 3 heterocycles. The van der Waals surface area contributed by atoms with Crippen LogP contribution in [0.3, 0.4) is 0 Å². The molecule has 0 spiro atoms. The smallest absolute Gasteiger partial charge is 0.174 e. The third-order valence-corrected chi connectivity index (χ3v) is 5.46. The van der Waals surface area contributed by atoms with E-state index in [0.717, 1.165) is 6.42 Å². The van der Waals surface area contributed by atoms with Crippen molar-refractivity contribution in [2.45, 2.75) is 31.9 Å². The predicted octanol–water partition coefficient (Wildman–Crippen LogP) is 2.81. The molecule has 1 aromatic carbocycles. The number of fused-ring (bicyclic) bond motifs is 1. The number of hydrogen-bond donors (Lipinski definition) is 2. The van der Waals surface area contributed by atoms with Gasteiger partial charge in [0, 0.05) is 31.1 Å². The fourth-order valence-electron chi connectivity index (χ4n) is 3.68. The highest BCUT2D eigenvalue weighted by Crippen LogP contribution is 2.35. The van der Waals surface area contributed by atoms with Gasteiger partial charge in [-0.3, -0.25) is 0 Å². The molecule has 1 aliphatic rings. The van der Waals surface area contributed by atoms with E-state index in [0.29, 0.717) is 36.6 Å². The largest absolute Gasteiger partial charge is 0.494 e. The van der Waals surface area contributed by atoms with Gasteiger partial charge in [0.1, 0.15) is 29.0 Å². The zero-order valence-corrected chi connectivity index (χ0v) is 16.7. The SMILES string of the molecule is COc1cc(C)c(F)c(C(O)c2cc3nc(C[C@@H]4COCC[C@@H]4N)ncc3o2)c1F. The van der Waals surface area contributed by atoms with Crippen LogP contribution in [0.4, 0.5) is 8.78 Å². The lowest BCUT2D eigenvalue weighted by molar-refractivity contribution is 0.0415. The molecule has 1 saturated heterocycles. The van der Waals surface area contributed by atoms with E-state index in [1.54, 1.807) is 0 Å². The molecule has 3 N–H and O–H groups in total. The molecule has 7 nitrogen and oxygen atoms in total. The summed E-state index contributed by atoms with van der Waals surface area (Å²) in [5.41, 5.74) is 6.48. The van der Waals surface area contributed by atoms with Gasteiger partial charge < -0.3 is 24.7 Å². The third-order valence-electron chi connectivity index (χ3n) is 5.46. The fraction of sp³-hybridized carbons (Fsp3) is 0.429. The normalized spacial score (nSPS) is 20.5. The summed E-state index contributed by atoms with van der Waals surface area (Å²) >= 11 is 0. The topological polar surface area (TPSA) is 104 Å². The van der Waals surface area contributed by atoms with Crippen molar-refractivity contribution in [3.63, 3.8) is 0 Å². The monoisotopic (exact) mass is 419 g/mol. The highest BCUT2D eigenvalue weighted by atomic mass is 19.1. The zero-order valence-electron chi connectivity index (χ0n) is 16.7. The van der Waals surface area contributed by atoms with Crippen molar-refractivity contribution in [1.29, 1.82) is 0 Å². The number of ether oxygens (including phenoxy) is 2. The molecule has 2 aromatic heterocycles. The van der Waals surface area contributed by atoms with Crippen molar-refractivity contribution in [3.8, 4) is 5.75 Å². The molecule has 30 heavy (non-hydrogen) atoms. The van der Waals surface area contributed by atoms with Crippen LogP contribution >= 0.6 is 0 Å². The van der Waals surface area contributed by atoms with E-state index < -0.39 is 23.3 Å². The number of nitrogens with two attached hydrogens (primary N) is 1. The Kier molecular flexibility index (Phi) is 5.68. The van der Waals surface area contributed by atoms with Crippen LogP contribution in [0.5, 0.6) is 5.75 Å². The van der Waals surface area contributed by atoms with Gasteiger partial charge in [0.15, 0.2) is 17.1 Å². The molecular formula is C21H23F2N3O4. The first-order chi connectivity index (χ1) is 14.4. The molecule has 1 fully saturated rings. The van der Waals surface area contributed by atoms with Crippen molar-refractivity contribution in [3.05, 3.63) is 52.7 Å². The average molecular weight is 419 g/mol. The molecule has 0 amide bonds. The predicted molar refractivity (Wildman–Crippen MR) is 104 cm³/mol. The lowest BCUT2D eigenvalue weighted by Crippen LogP contribution is -2.40. The number of methoxy groups -OCH3 is 1. The Labute approximate surface area is 171 Å². The van der Waals surface area contributed by atoms with Gasteiger partial charge in [-0.2, -0.15) is 0 Å². The Hall–Kier alpha value is -2.62. The van der Waals surface area contributed by atoms with Gasteiger partial charge in [0.2, 0.25) is 0 Å². The van der Waals surface area contributed by atoms with E-state index in [1.807, 2.05) is 0 Å². The molecule has 3 aromatic rings. The minimum absolute atomic E-state index is 0.0158. The van der Waals surface area contributed by atoms with Crippen LogP contribution in [0.25, 0.3) is 11.1 Å². The Bertz CT molecular complexity index is 1070. The summed E-state index contributed by atoms with van der Waals surface area (Å²) in [6.45, 7) is 2.66. The van der Waals surface area contributed by atoms with Crippen molar-refractivity contribution >= 4 is 11.1 Å². The van der Waals surface area contributed by atoms with Gasteiger partial charge in [-0.25, -0.2) is 18.7 Å². The van der Waals surface area contributed by atoms with Crippen LogP contribution in [0, 0.1) is 24.5 Å². The van der Waals surface area contributed by atoms with Crippen LogP contribution < -0.4 is 10.5 Å². The number of aromatic nitrogens is 2. The number of aryl methyl sites for hydroxylation is 1. The second-order valence-electron chi connectivity index (χ2n) is 7.52. The number of furan rings is 1. The first-order valence-electron chi connectivity index (χ1n) is 9.68. The molecule has 0 bridgehead atoms. The van der Waals surface area contributed by atoms with Gasteiger partial charge in [-0.05, 0) is 25.0 Å². The van der Waals surface area contributed by atoms with Crippen molar-refractivity contribution < 1.29 is 27.8 Å². The number of halogens is 2. The maximum Gasteiger partial charge on any atom is 0.174 e. The van der Waals surface area contributed by atoms with Crippen molar-refractivity contribution in [1.82, 2.24) is 9.97 Å². The summed E-state index contributed by atoms with van der Waals surface area (Å²) in [7, 11) is 1.27. The highest BCUT2D eigenvalue weighted by molar-refractivity contribution is 5.72. The summed E-state index contributed by atoms with van der Waals surface area (Å²) < 4.78 is 45.2.